The fourth-order valence-electron chi connectivity index (χ4n) is 2.52. The van der Waals surface area contributed by atoms with Crippen molar-refractivity contribution >= 4 is 29.0 Å². The Bertz CT molecular complexity index is 950. The van der Waals surface area contributed by atoms with Gasteiger partial charge in [0.25, 0.3) is 0 Å². The Hall–Kier alpha value is -3.73. The highest BCUT2D eigenvalue weighted by Crippen LogP contribution is 2.18. The van der Waals surface area contributed by atoms with Crippen LogP contribution >= 0.6 is 0 Å². The third-order valence-electron chi connectivity index (χ3n) is 3.97. The van der Waals surface area contributed by atoms with E-state index in [2.05, 4.69) is 10.6 Å². The molecule has 0 aliphatic rings. The molecule has 3 rings (SSSR count). The maximum atomic E-state index is 12.0. The van der Waals surface area contributed by atoms with Crippen LogP contribution in [0.1, 0.15) is 11.1 Å². The summed E-state index contributed by atoms with van der Waals surface area (Å²) in [6.45, 7) is 0.640. The second-order valence-corrected chi connectivity index (χ2v) is 6.06. The van der Waals surface area contributed by atoms with Gasteiger partial charge in [-0.3, -0.25) is 4.79 Å². The van der Waals surface area contributed by atoms with E-state index in [0.29, 0.717) is 17.9 Å². The molecule has 136 valence electrons. The van der Waals surface area contributed by atoms with Crippen LogP contribution < -0.4 is 16.4 Å². The van der Waals surface area contributed by atoms with Crippen molar-refractivity contribution in [3.8, 4) is 5.75 Å². The second kappa shape index (κ2) is 8.58. The van der Waals surface area contributed by atoms with Crippen LogP contribution in [-0.4, -0.2) is 11.0 Å². The number of aromatic hydroxyl groups is 1. The highest BCUT2D eigenvalue weighted by Gasteiger charge is 2.01. The minimum atomic E-state index is -0.234. The molecule has 0 aromatic heterocycles. The van der Waals surface area contributed by atoms with Gasteiger partial charge < -0.3 is 21.5 Å². The summed E-state index contributed by atoms with van der Waals surface area (Å²) >= 11 is 0. The number of rotatable bonds is 6. The summed E-state index contributed by atoms with van der Waals surface area (Å²) in [6.07, 6.45) is 3.23. The number of para-hydroxylation sites is 2. The van der Waals surface area contributed by atoms with E-state index in [-0.39, 0.29) is 11.7 Å². The van der Waals surface area contributed by atoms with Crippen molar-refractivity contribution in [1.82, 2.24) is 0 Å². The molecule has 5 nitrogen and oxygen atoms in total. The predicted octanol–water partition coefficient (Wildman–Crippen LogP) is 4.24. The first kappa shape index (κ1) is 18.1. The number of anilines is 3. The van der Waals surface area contributed by atoms with Gasteiger partial charge in [-0.1, -0.05) is 42.5 Å². The number of nitrogen functional groups attached to an aromatic ring is 1. The summed E-state index contributed by atoms with van der Waals surface area (Å²) in [5, 5.41) is 15.5. The van der Waals surface area contributed by atoms with E-state index in [4.69, 9.17) is 5.73 Å². The van der Waals surface area contributed by atoms with Crippen LogP contribution in [0.5, 0.6) is 5.75 Å². The Kier molecular flexibility index (Phi) is 5.74. The van der Waals surface area contributed by atoms with Gasteiger partial charge in [0.2, 0.25) is 5.91 Å². The quantitative estimate of drug-likeness (QED) is 0.392. The molecule has 0 atom stereocenters. The summed E-state index contributed by atoms with van der Waals surface area (Å²) in [6, 6.07) is 22.0. The zero-order valence-corrected chi connectivity index (χ0v) is 14.7. The number of nitrogens with two attached hydrogens (primary N) is 1. The molecule has 27 heavy (non-hydrogen) atoms. The molecule has 0 unspecified atom stereocenters. The van der Waals surface area contributed by atoms with E-state index in [1.165, 1.54) is 6.08 Å². The van der Waals surface area contributed by atoms with Crippen molar-refractivity contribution in [2.45, 2.75) is 6.54 Å². The highest BCUT2D eigenvalue weighted by atomic mass is 16.3. The largest absolute Gasteiger partial charge is 0.508 e. The number of carbonyl (C=O) groups excluding carboxylic acids is 1. The first-order valence-electron chi connectivity index (χ1n) is 8.55. The number of hydrogen-bond acceptors (Lipinski definition) is 4. The maximum absolute atomic E-state index is 12.0. The fourth-order valence-corrected chi connectivity index (χ4v) is 2.52. The van der Waals surface area contributed by atoms with Gasteiger partial charge >= 0.3 is 0 Å². The lowest BCUT2D eigenvalue weighted by Gasteiger charge is -2.07. The minimum Gasteiger partial charge on any atom is -0.508 e. The molecular weight excluding hydrogens is 338 g/mol. The van der Waals surface area contributed by atoms with Gasteiger partial charge in [-0.05, 0) is 41.5 Å². The summed E-state index contributed by atoms with van der Waals surface area (Å²) < 4.78 is 0. The molecule has 0 bridgehead atoms. The lowest BCUT2D eigenvalue weighted by Crippen LogP contribution is -2.09. The summed E-state index contributed by atoms with van der Waals surface area (Å²) in [5.74, 6) is -0.00134. The van der Waals surface area contributed by atoms with Crippen LogP contribution in [0.4, 0.5) is 17.1 Å². The van der Waals surface area contributed by atoms with Crippen molar-refractivity contribution in [1.29, 1.82) is 0 Å². The van der Waals surface area contributed by atoms with Crippen LogP contribution in [0.15, 0.2) is 78.9 Å². The molecule has 5 heteroatoms. The number of nitrogens with one attached hydrogen (secondary N) is 2. The van der Waals surface area contributed by atoms with Crippen molar-refractivity contribution in [3.05, 3.63) is 90.0 Å². The molecule has 3 aromatic carbocycles. The summed E-state index contributed by atoms with van der Waals surface area (Å²) in [4.78, 5) is 12.0. The third-order valence-corrected chi connectivity index (χ3v) is 3.97. The first-order valence-corrected chi connectivity index (χ1v) is 8.55. The van der Waals surface area contributed by atoms with Crippen molar-refractivity contribution < 1.29 is 9.90 Å². The van der Waals surface area contributed by atoms with Gasteiger partial charge in [0, 0.05) is 24.4 Å². The standard InChI is InChI=1S/C22H21N3O2/c23-20-6-1-2-7-21(20)25-22(27)13-12-16-8-10-17(11-9-16)15-24-18-4-3-5-19(26)14-18/h1-14,24,26H,15,23H2,(H,25,27)/b13-12-. The Labute approximate surface area is 158 Å². The van der Waals surface area contributed by atoms with E-state index in [1.54, 1.807) is 36.4 Å². The lowest BCUT2D eigenvalue weighted by molar-refractivity contribution is -0.111. The van der Waals surface area contributed by atoms with Crippen LogP contribution in [-0.2, 0) is 11.3 Å². The van der Waals surface area contributed by atoms with Crippen LogP contribution in [0, 0.1) is 0 Å². The van der Waals surface area contributed by atoms with E-state index in [0.717, 1.165) is 16.8 Å². The van der Waals surface area contributed by atoms with Gasteiger partial charge in [0.15, 0.2) is 0 Å². The fraction of sp³-hybridized carbons (Fsp3) is 0.0455. The molecule has 1 amide bonds. The zero-order valence-electron chi connectivity index (χ0n) is 14.7. The number of benzene rings is 3. The van der Waals surface area contributed by atoms with Crippen LogP contribution in [0.2, 0.25) is 0 Å². The number of carbonyl (C=O) groups is 1. The first-order chi connectivity index (χ1) is 13.1. The average Bonchev–Trinajstić information content (AvgIpc) is 2.67. The Balaban J connectivity index is 1.54. The molecule has 3 aromatic rings. The van der Waals surface area contributed by atoms with E-state index < -0.39 is 0 Å². The number of amides is 1. The minimum absolute atomic E-state index is 0.232. The molecule has 0 fully saturated rings. The normalized spacial score (nSPS) is 10.7. The van der Waals surface area contributed by atoms with E-state index >= 15 is 0 Å². The van der Waals surface area contributed by atoms with E-state index in [1.807, 2.05) is 42.5 Å². The van der Waals surface area contributed by atoms with Crippen molar-refractivity contribution in [2.75, 3.05) is 16.4 Å². The molecule has 0 heterocycles. The average molecular weight is 359 g/mol. The molecule has 0 aliphatic carbocycles. The molecule has 0 spiro atoms. The van der Waals surface area contributed by atoms with Crippen molar-refractivity contribution in [2.24, 2.45) is 0 Å². The number of hydrogen-bond donors (Lipinski definition) is 4. The molecule has 0 saturated carbocycles. The highest BCUT2D eigenvalue weighted by molar-refractivity contribution is 6.03. The summed E-state index contributed by atoms with van der Waals surface area (Å²) in [7, 11) is 0. The van der Waals surface area contributed by atoms with Gasteiger partial charge in [0.1, 0.15) is 5.75 Å². The Morgan fingerprint density at radius 2 is 1.78 bits per heavy atom. The Morgan fingerprint density at radius 1 is 1.00 bits per heavy atom. The predicted molar refractivity (Wildman–Crippen MR) is 110 cm³/mol. The second-order valence-electron chi connectivity index (χ2n) is 6.06. The molecule has 5 N–H and O–H groups in total. The number of phenolic OH excluding ortho intramolecular Hbond substituents is 1. The van der Waals surface area contributed by atoms with Crippen LogP contribution in [0.3, 0.4) is 0 Å². The number of phenols is 1. The zero-order chi connectivity index (χ0) is 19.1. The topological polar surface area (TPSA) is 87.4 Å². The van der Waals surface area contributed by atoms with Gasteiger partial charge in [0.05, 0.1) is 11.4 Å². The monoisotopic (exact) mass is 359 g/mol. The van der Waals surface area contributed by atoms with Gasteiger partial charge in [-0.2, -0.15) is 0 Å². The van der Waals surface area contributed by atoms with Crippen LogP contribution in [0.25, 0.3) is 6.08 Å². The van der Waals surface area contributed by atoms with E-state index in [9.17, 15) is 9.90 Å². The lowest BCUT2D eigenvalue weighted by atomic mass is 10.1. The molecule has 0 aliphatic heterocycles. The van der Waals surface area contributed by atoms with Gasteiger partial charge in [-0.25, -0.2) is 0 Å². The Morgan fingerprint density at radius 3 is 2.52 bits per heavy atom. The third kappa shape index (κ3) is 5.37. The SMILES string of the molecule is Nc1ccccc1NC(=O)/C=C\c1ccc(CNc2cccc(O)c2)cc1. The molecule has 0 radical (unpaired) electrons. The molecular formula is C22H21N3O2. The van der Waals surface area contributed by atoms with Gasteiger partial charge in [-0.15, -0.1) is 0 Å². The molecule has 0 saturated heterocycles. The smallest absolute Gasteiger partial charge is 0.248 e. The summed E-state index contributed by atoms with van der Waals surface area (Å²) in [5.41, 5.74) is 9.82. The maximum Gasteiger partial charge on any atom is 0.248 e. The van der Waals surface area contributed by atoms with Crippen molar-refractivity contribution in [3.63, 3.8) is 0 Å².